The molecule has 7 nitrogen and oxygen atoms in total. The maximum atomic E-state index is 13.4. The molecule has 1 aliphatic heterocycles. The summed E-state index contributed by atoms with van der Waals surface area (Å²) in [4.78, 5) is 17.7. The Morgan fingerprint density at radius 3 is 2.83 bits per heavy atom. The second-order valence-corrected chi connectivity index (χ2v) is 8.25. The largest absolute Gasteiger partial charge is 0.364 e. The SMILES string of the molecule is C=CCn1nc(C(=O)N2CCCCCC2)c2c1CC[C@H](N(C)Cc1ccon1)C2. The van der Waals surface area contributed by atoms with Crippen molar-refractivity contribution >= 4 is 5.91 Å². The Morgan fingerprint density at radius 1 is 1.34 bits per heavy atom. The first kappa shape index (κ1) is 19.9. The first-order chi connectivity index (χ1) is 14.2. The zero-order chi connectivity index (χ0) is 20.2. The van der Waals surface area contributed by atoms with Gasteiger partial charge in [-0.15, -0.1) is 6.58 Å². The quantitative estimate of drug-likeness (QED) is 0.701. The predicted octanol–water partition coefficient (Wildman–Crippen LogP) is 3.06. The lowest BCUT2D eigenvalue weighted by molar-refractivity contribution is 0.0753. The summed E-state index contributed by atoms with van der Waals surface area (Å²) in [5, 5.41) is 8.80. The van der Waals surface area contributed by atoms with Gasteiger partial charge in [-0.25, -0.2) is 0 Å². The summed E-state index contributed by atoms with van der Waals surface area (Å²) in [7, 11) is 2.12. The first-order valence-electron chi connectivity index (χ1n) is 10.8. The summed E-state index contributed by atoms with van der Waals surface area (Å²) in [6.07, 6.45) is 10.9. The number of likely N-dealkylation sites (N-methyl/N-ethyl adjacent to an activating group) is 1. The Labute approximate surface area is 172 Å². The fraction of sp³-hybridized carbons (Fsp3) is 0.591. The molecule has 1 aliphatic carbocycles. The summed E-state index contributed by atoms with van der Waals surface area (Å²) < 4.78 is 6.95. The molecule has 2 aliphatic rings. The molecule has 2 aromatic rings. The van der Waals surface area contributed by atoms with E-state index in [1.807, 2.05) is 21.7 Å². The number of allylic oxidation sites excluding steroid dienone is 1. The normalized spacial score (nSPS) is 19.8. The zero-order valence-corrected chi connectivity index (χ0v) is 17.3. The molecule has 3 heterocycles. The molecule has 29 heavy (non-hydrogen) atoms. The van der Waals surface area contributed by atoms with Crippen molar-refractivity contribution < 1.29 is 9.32 Å². The number of carbonyl (C=O) groups is 1. The van der Waals surface area contributed by atoms with E-state index in [0.29, 0.717) is 18.3 Å². The van der Waals surface area contributed by atoms with Crippen molar-refractivity contribution in [3.63, 3.8) is 0 Å². The first-order valence-corrected chi connectivity index (χ1v) is 10.8. The number of hydrogen-bond donors (Lipinski definition) is 0. The van der Waals surface area contributed by atoms with Gasteiger partial charge >= 0.3 is 0 Å². The van der Waals surface area contributed by atoms with E-state index in [-0.39, 0.29) is 5.91 Å². The van der Waals surface area contributed by atoms with Crippen LogP contribution < -0.4 is 0 Å². The van der Waals surface area contributed by atoms with Gasteiger partial charge in [0.15, 0.2) is 5.69 Å². The van der Waals surface area contributed by atoms with Crippen LogP contribution in [0.15, 0.2) is 29.5 Å². The number of hydrogen-bond acceptors (Lipinski definition) is 5. The Bertz CT molecular complexity index is 834. The maximum Gasteiger partial charge on any atom is 0.274 e. The Hall–Kier alpha value is -2.41. The Morgan fingerprint density at radius 2 is 2.14 bits per heavy atom. The highest BCUT2D eigenvalue weighted by atomic mass is 16.5. The monoisotopic (exact) mass is 397 g/mol. The van der Waals surface area contributed by atoms with Gasteiger partial charge in [0, 0.05) is 43.0 Å². The van der Waals surface area contributed by atoms with Crippen LogP contribution in [0.5, 0.6) is 0 Å². The number of amides is 1. The third-order valence-corrected chi connectivity index (χ3v) is 6.24. The minimum Gasteiger partial charge on any atom is -0.364 e. The van der Waals surface area contributed by atoms with E-state index in [2.05, 4.69) is 23.7 Å². The highest BCUT2D eigenvalue weighted by Crippen LogP contribution is 2.29. The zero-order valence-electron chi connectivity index (χ0n) is 17.3. The van der Waals surface area contributed by atoms with E-state index in [1.54, 1.807) is 6.26 Å². The molecule has 1 saturated heterocycles. The van der Waals surface area contributed by atoms with Crippen molar-refractivity contribution in [3.8, 4) is 0 Å². The lowest BCUT2D eigenvalue weighted by atomic mass is 9.90. The topological polar surface area (TPSA) is 67.4 Å². The molecular weight excluding hydrogens is 366 g/mol. The molecule has 0 unspecified atom stereocenters. The van der Waals surface area contributed by atoms with Gasteiger partial charge < -0.3 is 9.42 Å². The van der Waals surface area contributed by atoms with Crippen LogP contribution in [-0.2, 0) is 25.9 Å². The van der Waals surface area contributed by atoms with Gasteiger partial charge in [-0.2, -0.15) is 5.10 Å². The molecule has 1 amide bonds. The van der Waals surface area contributed by atoms with Crippen molar-refractivity contribution in [2.75, 3.05) is 20.1 Å². The smallest absolute Gasteiger partial charge is 0.274 e. The number of fused-ring (bicyclic) bond motifs is 1. The molecule has 0 N–H and O–H groups in total. The second-order valence-electron chi connectivity index (χ2n) is 8.25. The Balaban J connectivity index is 1.57. The molecular formula is C22H31N5O2. The van der Waals surface area contributed by atoms with E-state index >= 15 is 0 Å². The van der Waals surface area contributed by atoms with Crippen LogP contribution >= 0.6 is 0 Å². The van der Waals surface area contributed by atoms with Crippen LogP contribution in [0.4, 0.5) is 0 Å². The number of aromatic nitrogens is 3. The highest BCUT2D eigenvalue weighted by molar-refractivity contribution is 5.94. The number of rotatable bonds is 6. The van der Waals surface area contributed by atoms with E-state index in [9.17, 15) is 4.79 Å². The maximum absolute atomic E-state index is 13.4. The van der Waals surface area contributed by atoms with E-state index in [1.165, 1.54) is 18.5 Å². The molecule has 0 spiro atoms. The summed E-state index contributed by atoms with van der Waals surface area (Å²) >= 11 is 0. The average Bonchev–Trinajstić information content (AvgIpc) is 3.27. The lowest BCUT2D eigenvalue weighted by Crippen LogP contribution is -2.37. The van der Waals surface area contributed by atoms with Gasteiger partial charge in [0.25, 0.3) is 5.91 Å². The molecule has 156 valence electrons. The summed E-state index contributed by atoms with van der Waals surface area (Å²) in [5.74, 6) is 0.103. The number of carbonyl (C=O) groups excluding carboxylic acids is 1. The van der Waals surface area contributed by atoms with Gasteiger partial charge in [0.1, 0.15) is 6.26 Å². The third-order valence-electron chi connectivity index (χ3n) is 6.24. The third kappa shape index (κ3) is 4.29. The number of nitrogens with zero attached hydrogens (tertiary/aromatic N) is 5. The van der Waals surface area contributed by atoms with Crippen molar-refractivity contribution in [1.82, 2.24) is 24.7 Å². The van der Waals surface area contributed by atoms with Crippen LogP contribution in [0.3, 0.4) is 0 Å². The molecule has 4 rings (SSSR count). The minimum atomic E-state index is 0.103. The second kappa shape index (κ2) is 8.95. The van der Waals surface area contributed by atoms with Crippen LogP contribution in [0.25, 0.3) is 0 Å². The molecule has 7 heteroatoms. The summed E-state index contributed by atoms with van der Waals surface area (Å²) in [5.41, 5.74) is 3.92. The molecule has 0 aromatic carbocycles. The highest BCUT2D eigenvalue weighted by Gasteiger charge is 2.32. The average molecular weight is 398 g/mol. The van der Waals surface area contributed by atoms with Crippen molar-refractivity contribution in [1.29, 1.82) is 0 Å². The molecule has 0 bridgehead atoms. The molecule has 0 saturated carbocycles. The van der Waals surface area contributed by atoms with Gasteiger partial charge in [0.05, 0.1) is 12.2 Å². The fourth-order valence-electron chi connectivity index (χ4n) is 4.62. The van der Waals surface area contributed by atoms with Crippen molar-refractivity contribution in [3.05, 3.63) is 47.6 Å². The van der Waals surface area contributed by atoms with Crippen LogP contribution in [-0.4, -0.2) is 56.8 Å². The van der Waals surface area contributed by atoms with E-state index < -0.39 is 0 Å². The van der Waals surface area contributed by atoms with Gasteiger partial charge in [-0.05, 0) is 39.2 Å². The molecule has 1 fully saturated rings. The molecule has 1 atom stereocenters. The molecule has 2 aromatic heterocycles. The van der Waals surface area contributed by atoms with E-state index in [0.717, 1.165) is 63.0 Å². The van der Waals surface area contributed by atoms with Crippen LogP contribution in [0.1, 0.15) is 59.5 Å². The predicted molar refractivity (Wildman–Crippen MR) is 111 cm³/mol. The summed E-state index contributed by atoms with van der Waals surface area (Å²) in [6, 6.07) is 2.26. The van der Waals surface area contributed by atoms with Crippen LogP contribution in [0.2, 0.25) is 0 Å². The molecule has 0 radical (unpaired) electrons. The Kier molecular flexibility index (Phi) is 6.13. The van der Waals surface area contributed by atoms with Gasteiger partial charge in [0.2, 0.25) is 0 Å². The number of likely N-dealkylation sites (tertiary alicyclic amines) is 1. The van der Waals surface area contributed by atoms with Crippen molar-refractivity contribution in [2.45, 2.75) is 64.1 Å². The van der Waals surface area contributed by atoms with Gasteiger partial charge in [-0.1, -0.05) is 24.1 Å². The fourth-order valence-corrected chi connectivity index (χ4v) is 4.62. The summed E-state index contributed by atoms with van der Waals surface area (Å²) in [6.45, 7) is 6.95. The minimum absolute atomic E-state index is 0.103. The van der Waals surface area contributed by atoms with Crippen molar-refractivity contribution in [2.24, 2.45) is 0 Å². The van der Waals surface area contributed by atoms with Crippen LogP contribution in [0, 0.1) is 0 Å². The van der Waals surface area contributed by atoms with E-state index in [4.69, 9.17) is 9.62 Å². The van der Waals surface area contributed by atoms with Gasteiger partial charge in [-0.3, -0.25) is 14.4 Å². The lowest BCUT2D eigenvalue weighted by Gasteiger charge is -2.31. The standard InChI is InChI=1S/C22H31N5O2/c1-3-11-27-20-9-8-18(25(2)16-17-10-14-29-24-17)15-19(20)21(23-27)22(28)26-12-6-4-5-7-13-26/h3,10,14,18H,1,4-9,11-13,15-16H2,2H3/t18-/m0/s1.